The first-order valence-electron chi connectivity index (χ1n) is 7.26. The molecule has 1 amide bonds. The van der Waals surface area contributed by atoms with Gasteiger partial charge in [-0.3, -0.25) is 9.69 Å². The molecule has 3 rings (SSSR count). The minimum atomic E-state index is -0.123. The van der Waals surface area contributed by atoms with Crippen molar-refractivity contribution in [2.45, 2.75) is 31.3 Å². The number of rotatable bonds is 3. The number of carbonyl (C=O) groups is 1. The zero-order chi connectivity index (χ0) is 14.7. The summed E-state index contributed by atoms with van der Waals surface area (Å²) >= 11 is 1.52. The minimum absolute atomic E-state index is 0.0724. The Bertz CT molecular complexity index is 585. The van der Waals surface area contributed by atoms with E-state index in [9.17, 15) is 4.79 Å². The number of hydrogen-bond donors (Lipinski definition) is 1. The molecule has 2 atom stereocenters. The highest BCUT2D eigenvalue weighted by molar-refractivity contribution is 7.13. The molecule has 1 aromatic carbocycles. The highest BCUT2D eigenvalue weighted by Gasteiger charge is 2.35. The molecule has 5 heteroatoms. The molecule has 1 fully saturated rings. The second-order valence-electron chi connectivity index (χ2n) is 5.22. The van der Waals surface area contributed by atoms with Crippen molar-refractivity contribution >= 4 is 22.4 Å². The van der Waals surface area contributed by atoms with Crippen molar-refractivity contribution in [1.29, 1.82) is 0 Å². The van der Waals surface area contributed by atoms with Crippen LogP contribution in [-0.4, -0.2) is 24.0 Å². The minimum Gasteiger partial charge on any atom is -0.309 e. The van der Waals surface area contributed by atoms with Crippen LogP contribution in [0.5, 0.6) is 0 Å². The third-order valence-electron chi connectivity index (χ3n) is 3.98. The van der Waals surface area contributed by atoms with Crippen molar-refractivity contribution in [3.63, 3.8) is 0 Å². The summed E-state index contributed by atoms with van der Waals surface area (Å²) in [5.74, 6) is 0.124. The van der Waals surface area contributed by atoms with Gasteiger partial charge in [-0.2, -0.15) is 0 Å². The predicted octanol–water partition coefficient (Wildman–Crippen LogP) is 2.99. The molecule has 21 heavy (non-hydrogen) atoms. The number of nitrogens with zero attached hydrogens (tertiary/aromatic N) is 2. The number of nitrogens with one attached hydrogen (secondary N) is 1. The molecule has 1 aromatic heterocycles. The molecule has 0 aliphatic carbocycles. The maximum absolute atomic E-state index is 12.9. The van der Waals surface area contributed by atoms with Gasteiger partial charge in [0, 0.05) is 11.6 Å². The highest BCUT2D eigenvalue weighted by Crippen LogP contribution is 2.35. The molecule has 0 saturated carbocycles. The van der Waals surface area contributed by atoms with Crippen LogP contribution in [-0.2, 0) is 4.79 Å². The maximum atomic E-state index is 12.9. The molecule has 1 aliphatic heterocycles. The Labute approximate surface area is 128 Å². The molecular weight excluding hydrogens is 282 g/mol. The summed E-state index contributed by atoms with van der Waals surface area (Å²) in [5.41, 5.74) is 1.18. The number of likely N-dealkylation sites (N-methyl/N-ethyl adjacent to an activating group) is 1. The van der Waals surface area contributed by atoms with E-state index in [1.54, 1.807) is 6.20 Å². The number of aromatic nitrogens is 1. The second kappa shape index (κ2) is 6.37. The lowest BCUT2D eigenvalue weighted by atomic mass is 10.0. The molecule has 4 nitrogen and oxygen atoms in total. The quantitative estimate of drug-likeness (QED) is 0.948. The molecule has 0 bridgehead atoms. The molecular formula is C16H19N3OS. The SMILES string of the molecule is CNC1CCCC(c2ccccc2)N(c2nccs2)C1=O. The monoisotopic (exact) mass is 301 g/mol. The van der Waals surface area contributed by atoms with E-state index in [1.165, 1.54) is 16.9 Å². The van der Waals surface area contributed by atoms with Gasteiger partial charge in [0.1, 0.15) is 0 Å². The fourth-order valence-corrected chi connectivity index (χ4v) is 3.61. The number of carbonyl (C=O) groups excluding carboxylic acids is 1. The lowest BCUT2D eigenvalue weighted by Crippen LogP contribution is -2.45. The average molecular weight is 301 g/mol. The van der Waals surface area contributed by atoms with E-state index in [2.05, 4.69) is 22.4 Å². The molecule has 1 saturated heterocycles. The van der Waals surface area contributed by atoms with Gasteiger partial charge in [-0.1, -0.05) is 30.3 Å². The van der Waals surface area contributed by atoms with Gasteiger partial charge < -0.3 is 5.32 Å². The largest absolute Gasteiger partial charge is 0.309 e. The topological polar surface area (TPSA) is 45.2 Å². The molecule has 110 valence electrons. The molecule has 0 spiro atoms. The molecule has 1 aliphatic rings. The zero-order valence-corrected chi connectivity index (χ0v) is 12.8. The van der Waals surface area contributed by atoms with E-state index < -0.39 is 0 Å². The Kier molecular flexibility index (Phi) is 4.31. The van der Waals surface area contributed by atoms with E-state index in [-0.39, 0.29) is 18.0 Å². The smallest absolute Gasteiger partial charge is 0.246 e. The van der Waals surface area contributed by atoms with Crippen LogP contribution >= 0.6 is 11.3 Å². The van der Waals surface area contributed by atoms with Crippen molar-refractivity contribution in [3.05, 3.63) is 47.5 Å². The van der Waals surface area contributed by atoms with Crippen LogP contribution in [0.4, 0.5) is 5.13 Å². The van der Waals surface area contributed by atoms with Crippen molar-refractivity contribution in [2.24, 2.45) is 0 Å². The van der Waals surface area contributed by atoms with Gasteiger partial charge in [-0.05, 0) is 31.9 Å². The van der Waals surface area contributed by atoms with Crippen molar-refractivity contribution in [1.82, 2.24) is 10.3 Å². The Morgan fingerprint density at radius 2 is 2.10 bits per heavy atom. The summed E-state index contributed by atoms with van der Waals surface area (Å²) < 4.78 is 0. The van der Waals surface area contributed by atoms with Gasteiger partial charge in [-0.15, -0.1) is 11.3 Å². The predicted molar refractivity (Wildman–Crippen MR) is 85.5 cm³/mol. The molecule has 2 heterocycles. The first-order chi connectivity index (χ1) is 10.3. The Morgan fingerprint density at radius 1 is 1.29 bits per heavy atom. The van der Waals surface area contributed by atoms with Crippen LogP contribution in [0.3, 0.4) is 0 Å². The Balaban J connectivity index is 2.02. The number of amides is 1. The van der Waals surface area contributed by atoms with Crippen LogP contribution in [0, 0.1) is 0 Å². The summed E-state index contributed by atoms with van der Waals surface area (Å²) in [5, 5.41) is 5.85. The summed E-state index contributed by atoms with van der Waals surface area (Å²) in [6.45, 7) is 0. The van der Waals surface area contributed by atoms with E-state index in [0.29, 0.717) is 0 Å². The lowest BCUT2D eigenvalue weighted by Gasteiger charge is -2.29. The van der Waals surface area contributed by atoms with Crippen LogP contribution in [0.15, 0.2) is 41.9 Å². The van der Waals surface area contributed by atoms with Crippen molar-refractivity contribution in [3.8, 4) is 0 Å². The fraction of sp³-hybridized carbons (Fsp3) is 0.375. The van der Waals surface area contributed by atoms with Crippen LogP contribution in [0.1, 0.15) is 30.9 Å². The van der Waals surface area contributed by atoms with Gasteiger partial charge >= 0.3 is 0 Å². The highest BCUT2D eigenvalue weighted by atomic mass is 32.1. The third-order valence-corrected chi connectivity index (χ3v) is 4.75. The average Bonchev–Trinajstić information content (AvgIpc) is 2.99. The van der Waals surface area contributed by atoms with Gasteiger partial charge in [0.05, 0.1) is 12.1 Å². The van der Waals surface area contributed by atoms with E-state index in [1.807, 2.05) is 35.5 Å². The number of anilines is 1. The second-order valence-corrected chi connectivity index (χ2v) is 6.09. The van der Waals surface area contributed by atoms with Crippen LogP contribution in [0.25, 0.3) is 0 Å². The van der Waals surface area contributed by atoms with E-state index in [4.69, 9.17) is 0 Å². The molecule has 2 unspecified atom stereocenters. The van der Waals surface area contributed by atoms with Crippen LogP contribution < -0.4 is 10.2 Å². The fourth-order valence-electron chi connectivity index (χ4n) is 2.91. The Morgan fingerprint density at radius 3 is 2.76 bits per heavy atom. The third kappa shape index (κ3) is 2.84. The number of thiazole rings is 1. The summed E-state index contributed by atoms with van der Waals surface area (Å²) in [4.78, 5) is 19.1. The van der Waals surface area contributed by atoms with Gasteiger partial charge in [0.15, 0.2) is 5.13 Å². The maximum Gasteiger partial charge on any atom is 0.246 e. The van der Waals surface area contributed by atoms with Crippen molar-refractivity contribution < 1.29 is 4.79 Å². The molecule has 2 aromatic rings. The summed E-state index contributed by atoms with van der Waals surface area (Å²) in [6, 6.07) is 10.2. The van der Waals surface area contributed by atoms with Crippen molar-refractivity contribution in [2.75, 3.05) is 11.9 Å². The van der Waals surface area contributed by atoms with Crippen LogP contribution in [0.2, 0.25) is 0 Å². The summed E-state index contributed by atoms with van der Waals surface area (Å²) in [7, 11) is 1.85. The summed E-state index contributed by atoms with van der Waals surface area (Å²) in [6.07, 6.45) is 4.63. The number of benzene rings is 1. The van der Waals surface area contributed by atoms with Gasteiger partial charge in [0.2, 0.25) is 5.91 Å². The first-order valence-corrected chi connectivity index (χ1v) is 8.14. The standard InChI is InChI=1S/C16H19N3OS/c1-17-13-8-5-9-14(12-6-3-2-4-7-12)19(15(13)20)16-18-10-11-21-16/h2-4,6-7,10-11,13-14,17H,5,8-9H2,1H3. The molecule has 1 N–H and O–H groups in total. The lowest BCUT2D eigenvalue weighted by molar-refractivity contribution is -0.120. The normalized spacial score (nSPS) is 23.1. The van der Waals surface area contributed by atoms with Gasteiger partial charge in [0.25, 0.3) is 0 Å². The number of hydrogen-bond acceptors (Lipinski definition) is 4. The van der Waals surface area contributed by atoms with Gasteiger partial charge in [-0.25, -0.2) is 4.98 Å². The van der Waals surface area contributed by atoms with E-state index in [0.717, 1.165) is 24.4 Å². The first kappa shape index (κ1) is 14.2. The van der Waals surface area contributed by atoms with E-state index >= 15 is 0 Å². The Hall–Kier alpha value is -1.72. The zero-order valence-electron chi connectivity index (χ0n) is 12.0. The molecule has 0 radical (unpaired) electrons.